The minimum absolute atomic E-state index is 0.102. The molecule has 5 nitrogen and oxygen atoms in total. The zero-order valence-electron chi connectivity index (χ0n) is 12.7. The Morgan fingerprint density at radius 1 is 1.04 bits per heavy atom. The van der Waals surface area contributed by atoms with E-state index in [-0.39, 0.29) is 5.56 Å². The molecule has 1 aliphatic heterocycles. The standard InChI is InChI=1S/C16H16F2N4O/c1-11-2-5-15(20-19-11)21-6-8-22(9-7-21)16(23)13-4-3-12(17)10-14(13)18/h2-5,10H,6-9H2,1H3. The summed E-state index contributed by atoms with van der Waals surface area (Å²) in [6.07, 6.45) is 0. The molecule has 23 heavy (non-hydrogen) atoms. The van der Waals surface area contributed by atoms with Crippen LogP contribution in [0, 0.1) is 18.6 Å². The number of nitrogens with zero attached hydrogens (tertiary/aromatic N) is 4. The van der Waals surface area contributed by atoms with E-state index in [0.717, 1.165) is 23.6 Å². The zero-order valence-corrected chi connectivity index (χ0v) is 12.7. The van der Waals surface area contributed by atoms with Gasteiger partial charge in [0.05, 0.1) is 11.3 Å². The molecule has 7 heteroatoms. The van der Waals surface area contributed by atoms with Crippen molar-refractivity contribution in [1.29, 1.82) is 0 Å². The summed E-state index contributed by atoms with van der Waals surface area (Å²) in [5.74, 6) is -1.18. The summed E-state index contributed by atoms with van der Waals surface area (Å²) < 4.78 is 26.7. The van der Waals surface area contributed by atoms with Crippen LogP contribution in [0.15, 0.2) is 30.3 Å². The lowest BCUT2D eigenvalue weighted by atomic mass is 10.1. The van der Waals surface area contributed by atoms with E-state index in [4.69, 9.17) is 0 Å². The van der Waals surface area contributed by atoms with E-state index in [0.29, 0.717) is 26.2 Å². The fraction of sp³-hybridized carbons (Fsp3) is 0.312. The first-order valence-electron chi connectivity index (χ1n) is 7.34. The van der Waals surface area contributed by atoms with Crippen LogP contribution in [0.4, 0.5) is 14.6 Å². The Hall–Kier alpha value is -2.57. The second-order valence-electron chi connectivity index (χ2n) is 5.44. The number of carbonyl (C=O) groups excluding carboxylic acids is 1. The number of halogens is 2. The summed E-state index contributed by atoms with van der Waals surface area (Å²) in [6.45, 7) is 3.94. The van der Waals surface area contributed by atoms with Gasteiger partial charge in [-0.25, -0.2) is 8.78 Å². The van der Waals surface area contributed by atoms with Gasteiger partial charge in [-0.2, -0.15) is 5.10 Å². The number of anilines is 1. The highest BCUT2D eigenvalue weighted by atomic mass is 19.1. The van der Waals surface area contributed by atoms with Gasteiger partial charge in [-0.3, -0.25) is 4.79 Å². The number of aryl methyl sites for hydroxylation is 1. The van der Waals surface area contributed by atoms with Crippen molar-refractivity contribution >= 4 is 11.7 Å². The molecule has 3 rings (SSSR count). The summed E-state index contributed by atoms with van der Waals surface area (Å²) in [6, 6.07) is 6.78. The van der Waals surface area contributed by atoms with E-state index in [9.17, 15) is 13.6 Å². The number of amides is 1. The number of piperazine rings is 1. The molecule has 1 aliphatic rings. The van der Waals surface area contributed by atoms with E-state index in [1.165, 1.54) is 6.07 Å². The Bertz CT molecular complexity index is 713. The summed E-state index contributed by atoms with van der Waals surface area (Å²) in [5.41, 5.74) is 0.740. The van der Waals surface area contributed by atoms with Gasteiger partial charge in [0, 0.05) is 32.2 Å². The maximum absolute atomic E-state index is 13.7. The summed E-state index contributed by atoms with van der Waals surface area (Å²) in [7, 11) is 0. The molecule has 0 saturated carbocycles. The molecule has 0 atom stereocenters. The fourth-order valence-electron chi connectivity index (χ4n) is 2.53. The van der Waals surface area contributed by atoms with Gasteiger partial charge in [-0.15, -0.1) is 5.10 Å². The van der Waals surface area contributed by atoms with E-state index in [1.54, 1.807) is 4.90 Å². The summed E-state index contributed by atoms with van der Waals surface area (Å²) in [5, 5.41) is 8.14. The lowest BCUT2D eigenvalue weighted by Gasteiger charge is -2.35. The van der Waals surface area contributed by atoms with Crippen LogP contribution in [0.25, 0.3) is 0 Å². The first kappa shape index (κ1) is 15.3. The van der Waals surface area contributed by atoms with Gasteiger partial charge >= 0.3 is 0 Å². The highest BCUT2D eigenvalue weighted by molar-refractivity contribution is 5.94. The molecule has 120 valence electrons. The Kier molecular flexibility index (Phi) is 4.18. The van der Waals surface area contributed by atoms with Crippen molar-refractivity contribution in [2.45, 2.75) is 6.92 Å². The van der Waals surface area contributed by atoms with Gasteiger partial charge in [0.25, 0.3) is 5.91 Å². The molecular formula is C16H16F2N4O. The van der Waals surface area contributed by atoms with E-state index in [1.807, 2.05) is 24.0 Å². The van der Waals surface area contributed by atoms with Crippen LogP contribution in [0.5, 0.6) is 0 Å². The third kappa shape index (κ3) is 3.28. The maximum atomic E-state index is 13.7. The van der Waals surface area contributed by atoms with Crippen LogP contribution in [-0.4, -0.2) is 47.2 Å². The Morgan fingerprint density at radius 2 is 1.78 bits per heavy atom. The maximum Gasteiger partial charge on any atom is 0.256 e. The van der Waals surface area contributed by atoms with Gasteiger partial charge in [0.2, 0.25) is 0 Å². The second-order valence-corrected chi connectivity index (χ2v) is 5.44. The van der Waals surface area contributed by atoms with Gasteiger partial charge in [0.15, 0.2) is 5.82 Å². The molecule has 0 bridgehead atoms. The first-order valence-corrected chi connectivity index (χ1v) is 7.34. The third-order valence-corrected chi connectivity index (χ3v) is 3.84. The van der Waals surface area contributed by atoms with E-state index < -0.39 is 17.5 Å². The van der Waals surface area contributed by atoms with E-state index >= 15 is 0 Å². The summed E-state index contributed by atoms with van der Waals surface area (Å²) >= 11 is 0. The molecule has 0 aliphatic carbocycles. The first-order chi connectivity index (χ1) is 11.0. The van der Waals surface area contributed by atoms with Crippen molar-refractivity contribution in [2.24, 2.45) is 0 Å². The second kappa shape index (κ2) is 6.28. The van der Waals surface area contributed by atoms with Crippen LogP contribution >= 0.6 is 0 Å². The van der Waals surface area contributed by atoms with Crippen LogP contribution in [0.2, 0.25) is 0 Å². The Balaban J connectivity index is 1.66. The average molecular weight is 318 g/mol. The molecule has 2 aromatic rings. The number of rotatable bonds is 2. The van der Waals surface area contributed by atoms with Crippen LogP contribution in [0.1, 0.15) is 16.1 Å². The normalized spacial score (nSPS) is 14.9. The Morgan fingerprint density at radius 3 is 2.39 bits per heavy atom. The molecule has 1 fully saturated rings. The molecule has 1 aromatic heterocycles. The summed E-state index contributed by atoms with van der Waals surface area (Å²) in [4.78, 5) is 15.9. The SMILES string of the molecule is Cc1ccc(N2CCN(C(=O)c3ccc(F)cc3F)CC2)nn1. The van der Waals surface area contributed by atoms with E-state index in [2.05, 4.69) is 10.2 Å². The van der Waals surface area contributed by atoms with Gasteiger partial charge in [0.1, 0.15) is 11.6 Å². The number of benzene rings is 1. The largest absolute Gasteiger partial charge is 0.352 e. The quantitative estimate of drug-likeness (QED) is 0.850. The molecule has 1 saturated heterocycles. The third-order valence-electron chi connectivity index (χ3n) is 3.84. The molecule has 1 aromatic carbocycles. The molecular weight excluding hydrogens is 302 g/mol. The minimum Gasteiger partial charge on any atom is -0.352 e. The number of carbonyl (C=O) groups is 1. The van der Waals surface area contributed by atoms with Crippen LogP contribution in [-0.2, 0) is 0 Å². The number of aromatic nitrogens is 2. The fourth-order valence-corrected chi connectivity index (χ4v) is 2.53. The van der Waals surface area contributed by atoms with Crippen LogP contribution < -0.4 is 4.90 Å². The molecule has 2 heterocycles. The predicted molar refractivity (Wildman–Crippen MR) is 81.2 cm³/mol. The van der Waals surface area contributed by atoms with Crippen molar-refractivity contribution in [3.05, 3.63) is 53.2 Å². The average Bonchev–Trinajstić information content (AvgIpc) is 2.55. The van der Waals surface area contributed by atoms with Crippen molar-refractivity contribution in [1.82, 2.24) is 15.1 Å². The van der Waals surface area contributed by atoms with Gasteiger partial charge in [-0.05, 0) is 31.2 Å². The number of hydrogen-bond donors (Lipinski definition) is 0. The Labute approximate surface area is 132 Å². The molecule has 0 spiro atoms. The van der Waals surface area contributed by atoms with Crippen molar-refractivity contribution in [2.75, 3.05) is 31.1 Å². The topological polar surface area (TPSA) is 49.3 Å². The minimum atomic E-state index is -0.832. The van der Waals surface area contributed by atoms with Crippen molar-refractivity contribution in [3.8, 4) is 0 Å². The predicted octanol–water partition coefficient (Wildman–Crippen LogP) is 2.03. The van der Waals surface area contributed by atoms with Crippen LogP contribution in [0.3, 0.4) is 0 Å². The van der Waals surface area contributed by atoms with Crippen molar-refractivity contribution < 1.29 is 13.6 Å². The molecule has 0 unspecified atom stereocenters. The molecule has 0 radical (unpaired) electrons. The monoisotopic (exact) mass is 318 g/mol. The lowest BCUT2D eigenvalue weighted by molar-refractivity contribution is 0.0741. The number of hydrogen-bond acceptors (Lipinski definition) is 4. The highest BCUT2D eigenvalue weighted by Gasteiger charge is 2.24. The molecule has 0 N–H and O–H groups in total. The van der Waals surface area contributed by atoms with Gasteiger partial charge in [-0.1, -0.05) is 0 Å². The van der Waals surface area contributed by atoms with Crippen molar-refractivity contribution in [3.63, 3.8) is 0 Å². The lowest BCUT2D eigenvalue weighted by Crippen LogP contribution is -2.49. The zero-order chi connectivity index (χ0) is 16.4. The smallest absolute Gasteiger partial charge is 0.256 e. The molecule has 1 amide bonds. The highest BCUT2D eigenvalue weighted by Crippen LogP contribution is 2.16. The van der Waals surface area contributed by atoms with Gasteiger partial charge < -0.3 is 9.80 Å².